The number of rotatable bonds is 5. The molecule has 0 spiro atoms. The summed E-state index contributed by atoms with van der Waals surface area (Å²) >= 11 is 3.34. The molecule has 2 rings (SSSR count). The largest absolute Gasteiger partial charge is 0.370 e. The molecule has 1 aliphatic rings. The number of benzene rings is 1. The SMILES string of the molecule is I.NC(=NCC1CCC1)NCCc1cc(Br)ccc1F. The molecule has 0 amide bonds. The molecule has 1 saturated carbocycles. The van der Waals surface area contributed by atoms with Crippen molar-refractivity contribution in [3.8, 4) is 0 Å². The molecule has 3 N–H and O–H groups in total. The fourth-order valence-corrected chi connectivity index (χ4v) is 2.43. The lowest BCUT2D eigenvalue weighted by atomic mass is 9.86. The molecule has 0 heterocycles. The van der Waals surface area contributed by atoms with E-state index in [9.17, 15) is 4.39 Å². The van der Waals surface area contributed by atoms with Gasteiger partial charge in [-0.15, -0.1) is 24.0 Å². The van der Waals surface area contributed by atoms with Crippen LogP contribution in [0.15, 0.2) is 27.7 Å². The lowest BCUT2D eigenvalue weighted by molar-refractivity contribution is 0.326. The first-order chi connectivity index (χ1) is 9.15. The number of nitrogens with zero attached hydrogens (tertiary/aromatic N) is 1. The maximum atomic E-state index is 13.5. The van der Waals surface area contributed by atoms with E-state index in [1.165, 1.54) is 25.3 Å². The van der Waals surface area contributed by atoms with Crippen molar-refractivity contribution >= 4 is 45.9 Å². The number of nitrogens with two attached hydrogens (primary N) is 1. The minimum atomic E-state index is -0.185. The van der Waals surface area contributed by atoms with E-state index in [1.54, 1.807) is 12.1 Å². The number of halogens is 3. The van der Waals surface area contributed by atoms with E-state index >= 15 is 0 Å². The average Bonchev–Trinajstić information content (AvgIpc) is 2.31. The Morgan fingerprint density at radius 2 is 2.20 bits per heavy atom. The molecule has 6 heteroatoms. The Labute approximate surface area is 144 Å². The molecule has 0 aliphatic heterocycles. The summed E-state index contributed by atoms with van der Waals surface area (Å²) in [6.07, 6.45) is 4.43. The van der Waals surface area contributed by atoms with Crippen LogP contribution in [0.3, 0.4) is 0 Å². The number of hydrogen-bond donors (Lipinski definition) is 2. The molecule has 0 radical (unpaired) electrons. The summed E-state index contributed by atoms with van der Waals surface area (Å²) < 4.78 is 14.4. The third kappa shape index (κ3) is 5.55. The topological polar surface area (TPSA) is 50.4 Å². The van der Waals surface area contributed by atoms with Crippen LogP contribution < -0.4 is 11.1 Å². The molecule has 1 fully saturated rings. The Kier molecular flexibility index (Phi) is 7.79. The maximum absolute atomic E-state index is 13.5. The summed E-state index contributed by atoms with van der Waals surface area (Å²) in [4.78, 5) is 4.30. The van der Waals surface area contributed by atoms with Crippen molar-refractivity contribution in [3.05, 3.63) is 34.1 Å². The highest BCUT2D eigenvalue weighted by atomic mass is 127. The van der Waals surface area contributed by atoms with E-state index < -0.39 is 0 Å². The Morgan fingerprint density at radius 3 is 2.85 bits per heavy atom. The normalized spacial score (nSPS) is 15.4. The van der Waals surface area contributed by atoms with E-state index in [2.05, 4.69) is 26.2 Å². The fourth-order valence-electron chi connectivity index (χ4n) is 2.02. The summed E-state index contributed by atoms with van der Waals surface area (Å²) in [6, 6.07) is 4.95. The first-order valence-corrected chi connectivity index (χ1v) is 7.42. The summed E-state index contributed by atoms with van der Waals surface area (Å²) in [5.41, 5.74) is 6.44. The van der Waals surface area contributed by atoms with Gasteiger partial charge < -0.3 is 11.1 Å². The van der Waals surface area contributed by atoms with Gasteiger partial charge in [-0.3, -0.25) is 4.99 Å². The molecule has 0 saturated heterocycles. The Bertz CT molecular complexity index is 464. The van der Waals surface area contributed by atoms with Crippen LogP contribution in [0.1, 0.15) is 24.8 Å². The van der Waals surface area contributed by atoms with Crippen LogP contribution in [0, 0.1) is 11.7 Å². The number of nitrogens with one attached hydrogen (secondary N) is 1. The first kappa shape index (κ1) is 17.7. The lowest BCUT2D eigenvalue weighted by Crippen LogP contribution is -2.34. The Balaban J connectivity index is 0.00000200. The van der Waals surface area contributed by atoms with Crippen molar-refractivity contribution in [2.75, 3.05) is 13.1 Å². The second kappa shape index (κ2) is 8.81. The van der Waals surface area contributed by atoms with Crippen molar-refractivity contribution in [2.45, 2.75) is 25.7 Å². The highest BCUT2D eigenvalue weighted by molar-refractivity contribution is 14.0. The van der Waals surface area contributed by atoms with Crippen LogP contribution in [0.5, 0.6) is 0 Å². The quantitative estimate of drug-likeness (QED) is 0.406. The van der Waals surface area contributed by atoms with Gasteiger partial charge in [-0.05, 0) is 48.9 Å². The molecule has 1 aromatic rings. The van der Waals surface area contributed by atoms with Gasteiger partial charge in [0, 0.05) is 17.6 Å². The monoisotopic (exact) mass is 455 g/mol. The van der Waals surface area contributed by atoms with Crippen molar-refractivity contribution < 1.29 is 4.39 Å². The van der Waals surface area contributed by atoms with Gasteiger partial charge in [0.15, 0.2) is 5.96 Å². The van der Waals surface area contributed by atoms with Crippen LogP contribution in [0.25, 0.3) is 0 Å². The molecular weight excluding hydrogens is 436 g/mol. The van der Waals surface area contributed by atoms with Gasteiger partial charge in [0.05, 0.1) is 0 Å². The Hall–Kier alpha value is -0.370. The fraction of sp³-hybridized carbons (Fsp3) is 0.500. The number of aliphatic imine (C=N–C) groups is 1. The van der Waals surface area contributed by atoms with Gasteiger partial charge in [0.2, 0.25) is 0 Å². The molecule has 0 bridgehead atoms. The molecule has 1 aliphatic carbocycles. The van der Waals surface area contributed by atoms with Gasteiger partial charge in [0.25, 0.3) is 0 Å². The van der Waals surface area contributed by atoms with E-state index in [4.69, 9.17) is 5.73 Å². The molecule has 112 valence electrons. The van der Waals surface area contributed by atoms with Gasteiger partial charge in [-0.25, -0.2) is 4.39 Å². The minimum Gasteiger partial charge on any atom is -0.370 e. The van der Waals surface area contributed by atoms with Crippen LogP contribution in [0.4, 0.5) is 4.39 Å². The molecule has 3 nitrogen and oxygen atoms in total. The molecule has 20 heavy (non-hydrogen) atoms. The van der Waals surface area contributed by atoms with Gasteiger partial charge >= 0.3 is 0 Å². The van der Waals surface area contributed by atoms with Crippen LogP contribution >= 0.6 is 39.9 Å². The number of guanidine groups is 1. The van der Waals surface area contributed by atoms with E-state index in [0.29, 0.717) is 30.4 Å². The maximum Gasteiger partial charge on any atom is 0.188 e. The van der Waals surface area contributed by atoms with E-state index in [0.717, 1.165) is 11.0 Å². The predicted octanol–water partition coefficient (Wildman–Crippen LogP) is 3.45. The van der Waals surface area contributed by atoms with Crippen LogP contribution in [-0.4, -0.2) is 19.0 Å². The van der Waals surface area contributed by atoms with E-state index in [-0.39, 0.29) is 29.8 Å². The lowest BCUT2D eigenvalue weighted by Gasteiger charge is -2.23. The third-order valence-corrected chi connectivity index (χ3v) is 3.95. The standard InChI is InChI=1S/C14H19BrFN3.HI/c15-12-4-5-13(16)11(8-12)6-7-18-14(17)19-9-10-2-1-3-10;/h4-5,8,10H,1-3,6-7,9H2,(H3,17,18,19);1H. The van der Waals surface area contributed by atoms with Gasteiger partial charge in [-0.1, -0.05) is 22.4 Å². The van der Waals surface area contributed by atoms with Crippen molar-refractivity contribution in [3.63, 3.8) is 0 Å². The van der Waals surface area contributed by atoms with Gasteiger partial charge in [0.1, 0.15) is 5.82 Å². The van der Waals surface area contributed by atoms with Crippen LogP contribution in [0.2, 0.25) is 0 Å². The zero-order valence-corrected chi connectivity index (χ0v) is 15.2. The second-order valence-electron chi connectivity index (χ2n) is 4.94. The molecule has 0 atom stereocenters. The van der Waals surface area contributed by atoms with Crippen molar-refractivity contribution in [2.24, 2.45) is 16.6 Å². The Morgan fingerprint density at radius 1 is 1.45 bits per heavy atom. The number of hydrogen-bond acceptors (Lipinski definition) is 1. The smallest absolute Gasteiger partial charge is 0.188 e. The molecule has 1 aromatic carbocycles. The van der Waals surface area contributed by atoms with Crippen molar-refractivity contribution in [1.82, 2.24) is 5.32 Å². The molecule has 0 unspecified atom stereocenters. The average molecular weight is 456 g/mol. The van der Waals surface area contributed by atoms with Gasteiger partial charge in [-0.2, -0.15) is 0 Å². The zero-order valence-electron chi connectivity index (χ0n) is 11.2. The second-order valence-corrected chi connectivity index (χ2v) is 5.85. The highest BCUT2D eigenvalue weighted by Crippen LogP contribution is 2.26. The summed E-state index contributed by atoms with van der Waals surface area (Å²) in [5.74, 6) is 0.986. The summed E-state index contributed by atoms with van der Waals surface area (Å²) in [6.45, 7) is 1.40. The molecular formula is C14H20BrFIN3. The zero-order chi connectivity index (χ0) is 13.7. The third-order valence-electron chi connectivity index (χ3n) is 3.45. The predicted molar refractivity (Wildman–Crippen MR) is 95.1 cm³/mol. The van der Waals surface area contributed by atoms with Crippen molar-refractivity contribution in [1.29, 1.82) is 0 Å². The molecule has 0 aromatic heterocycles. The van der Waals surface area contributed by atoms with Crippen LogP contribution in [-0.2, 0) is 6.42 Å². The first-order valence-electron chi connectivity index (χ1n) is 6.63. The summed E-state index contributed by atoms with van der Waals surface area (Å²) in [5, 5.41) is 3.03. The van der Waals surface area contributed by atoms with E-state index in [1.807, 2.05) is 0 Å². The highest BCUT2D eigenvalue weighted by Gasteiger charge is 2.16. The minimum absolute atomic E-state index is 0. The summed E-state index contributed by atoms with van der Waals surface area (Å²) in [7, 11) is 0.